The minimum absolute atomic E-state index is 0.636. The monoisotopic (exact) mass is 229 g/mol. The topological polar surface area (TPSA) is 46.6 Å². The minimum atomic E-state index is -3.23. The zero-order valence-electron chi connectivity index (χ0n) is 9.31. The van der Waals surface area contributed by atoms with Gasteiger partial charge in [-0.25, -0.2) is 8.42 Å². The van der Waals surface area contributed by atoms with E-state index in [4.69, 9.17) is 4.74 Å². The second kappa shape index (κ2) is 4.10. The van der Waals surface area contributed by atoms with Crippen LogP contribution in [0.25, 0.3) is 0 Å². The minimum Gasteiger partial charge on any atom is -0.497 e. The molecule has 4 nitrogen and oxygen atoms in total. The summed E-state index contributed by atoms with van der Waals surface area (Å²) in [6.07, 6.45) is 1.17. The Labute approximate surface area is 90.5 Å². The molecule has 0 N–H and O–H groups in total. The standard InChI is InChI=1S/C10H15NO3S/c1-8-5-6-9(14-3)7-10(8)11(2)15(4,12)13/h5-7H,1-4H3. The molecule has 0 saturated heterocycles. The molecule has 0 fully saturated rings. The lowest BCUT2D eigenvalue weighted by Crippen LogP contribution is -2.25. The lowest BCUT2D eigenvalue weighted by Gasteiger charge is -2.19. The average Bonchev–Trinajstić information content (AvgIpc) is 2.16. The third-order valence-electron chi connectivity index (χ3n) is 2.25. The number of methoxy groups -OCH3 is 1. The molecular formula is C10H15NO3S. The van der Waals surface area contributed by atoms with Crippen molar-refractivity contribution in [3.8, 4) is 5.75 Å². The first kappa shape index (κ1) is 11.8. The molecule has 0 atom stereocenters. The van der Waals surface area contributed by atoms with Gasteiger partial charge in [-0.15, -0.1) is 0 Å². The van der Waals surface area contributed by atoms with E-state index in [2.05, 4.69) is 0 Å². The highest BCUT2D eigenvalue weighted by atomic mass is 32.2. The predicted octanol–water partition coefficient (Wildman–Crippen LogP) is 1.40. The van der Waals surface area contributed by atoms with Gasteiger partial charge in [0, 0.05) is 13.1 Å². The van der Waals surface area contributed by atoms with Crippen molar-refractivity contribution in [2.45, 2.75) is 6.92 Å². The van der Waals surface area contributed by atoms with Crippen LogP contribution in [-0.4, -0.2) is 28.8 Å². The van der Waals surface area contributed by atoms with Gasteiger partial charge < -0.3 is 4.74 Å². The summed E-state index contributed by atoms with van der Waals surface area (Å²) in [5.41, 5.74) is 1.53. The quantitative estimate of drug-likeness (QED) is 0.787. The molecule has 0 aliphatic heterocycles. The van der Waals surface area contributed by atoms with E-state index in [1.807, 2.05) is 13.0 Å². The Hall–Kier alpha value is -1.23. The maximum absolute atomic E-state index is 11.4. The highest BCUT2D eigenvalue weighted by Crippen LogP contribution is 2.25. The number of anilines is 1. The fraction of sp³-hybridized carbons (Fsp3) is 0.400. The third-order valence-corrected chi connectivity index (χ3v) is 3.44. The number of hydrogen-bond donors (Lipinski definition) is 0. The summed E-state index contributed by atoms with van der Waals surface area (Å²) >= 11 is 0. The molecule has 15 heavy (non-hydrogen) atoms. The van der Waals surface area contributed by atoms with Gasteiger partial charge in [0.1, 0.15) is 5.75 Å². The van der Waals surface area contributed by atoms with Gasteiger partial charge in [0.2, 0.25) is 10.0 Å². The van der Waals surface area contributed by atoms with E-state index in [1.54, 1.807) is 19.2 Å². The molecule has 1 aromatic rings. The molecule has 5 heteroatoms. The van der Waals surface area contributed by atoms with Gasteiger partial charge >= 0.3 is 0 Å². The van der Waals surface area contributed by atoms with E-state index in [0.29, 0.717) is 11.4 Å². The fourth-order valence-electron chi connectivity index (χ4n) is 1.23. The summed E-state index contributed by atoms with van der Waals surface area (Å²) < 4.78 is 29.0. The van der Waals surface area contributed by atoms with Crippen molar-refractivity contribution in [2.24, 2.45) is 0 Å². The van der Waals surface area contributed by atoms with Gasteiger partial charge in [-0.2, -0.15) is 0 Å². The van der Waals surface area contributed by atoms with Crippen LogP contribution in [-0.2, 0) is 10.0 Å². The Kier molecular flexibility index (Phi) is 3.24. The summed E-state index contributed by atoms with van der Waals surface area (Å²) in [5.74, 6) is 0.645. The van der Waals surface area contributed by atoms with E-state index in [1.165, 1.54) is 17.6 Å². The Morgan fingerprint density at radius 1 is 1.33 bits per heavy atom. The molecule has 0 heterocycles. The van der Waals surface area contributed by atoms with E-state index < -0.39 is 10.0 Å². The van der Waals surface area contributed by atoms with Crippen molar-refractivity contribution < 1.29 is 13.2 Å². The van der Waals surface area contributed by atoms with E-state index in [9.17, 15) is 8.42 Å². The van der Waals surface area contributed by atoms with Crippen LogP contribution < -0.4 is 9.04 Å². The molecule has 0 bridgehead atoms. The van der Waals surface area contributed by atoms with Crippen LogP contribution >= 0.6 is 0 Å². The van der Waals surface area contributed by atoms with Crippen molar-refractivity contribution in [1.29, 1.82) is 0 Å². The van der Waals surface area contributed by atoms with Crippen LogP contribution in [0, 0.1) is 6.92 Å². The summed E-state index contributed by atoms with van der Waals surface area (Å²) in [6.45, 7) is 1.86. The number of sulfonamides is 1. The molecule has 0 unspecified atom stereocenters. The lowest BCUT2D eigenvalue weighted by molar-refractivity contribution is 0.415. The summed E-state index contributed by atoms with van der Waals surface area (Å²) in [7, 11) is -0.150. The Morgan fingerprint density at radius 2 is 1.93 bits per heavy atom. The first-order chi connectivity index (χ1) is 6.86. The molecule has 1 aromatic carbocycles. The van der Waals surface area contributed by atoms with Gasteiger partial charge in [0.25, 0.3) is 0 Å². The first-order valence-electron chi connectivity index (χ1n) is 4.45. The first-order valence-corrected chi connectivity index (χ1v) is 6.29. The van der Waals surface area contributed by atoms with Crippen molar-refractivity contribution in [1.82, 2.24) is 0 Å². The Balaban J connectivity index is 3.24. The molecule has 0 spiro atoms. The smallest absolute Gasteiger partial charge is 0.232 e. The second-order valence-electron chi connectivity index (χ2n) is 3.38. The van der Waals surface area contributed by atoms with E-state index in [0.717, 1.165) is 5.56 Å². The molecular weight excluding hydrogens is 214 g/mol. The number of benzene rings is 1. The molecule has 84 valence electrons. The Bertz CT molecular complexity index is 454. The van der Waals surface area contributed by atoms with Gasteiger partial charge in [-0.05, 0) is 18.6 Å². The molecule has 0 amide bonds. The lowest BCUT2D eigenvalue weighted by atomic mass is 10.2. The van der Waals surface area contributed by atoms with Crippen LogP contribution in [0.1, 0.15) is 5.56 Å². The summed E-state index contributed by atoms with van der Waals surface area (Å²) in [6, 6.07) is 5.33. The maximum atomic E-state index is 11.4. The van der Waals surface area contributed by atoms with Crippen LogP contribution in [0.4, 0.5) is 5.69 Å². The number of rotatable bonds is 3. The van der Waals surface area contributed by atoms with Gasteiger partial charge in [-0.1, -0.05) is 6.07 Å². The summed E-state index contributed by atoms with van der Waals surface area (Å²) in [4.78, 5) is 0. The van der Waals surface area contributed by atoms with Crippen LogP contribution in [0.2, 0.25) is 0 Å². The molecule has 0 saturated carbocycles. The number of ether oxygens (including phenoxy) is 1. The average molecular weight is 229 g/mol. The molecule has 1 rings (SSSR count). The fourth-order valence-corrected chi connectivity index (χ4v) is 1.79. The molecule has 0 radical (unpaired) electrons. The van der Waals surface area contributed by atoms with Gasteiger partial charge in [0.05, 0.1) is 19.1 Å². The van der Waals surface area contributed by atoms with E-state index >= 15 is 0 Å². The largest absolute Gasteiger partial charge is 0.497 e. The predicted molar refractivity (Wildman–Crippen MR) is 61.0 cm³/mol. The van der Waals surface area contributed by atoms with Crippen molar-refractivity contribution >= 4 is 15.7 Å². The number of hydrogen-bond acceptors (Lipinski definition) is 3. The van der Waals surface area contributed by atoms with Gasteiger partial charge in [0.15, 0.2) is 0 Å². The van der Waals surface area contributed by atoms with Crippen molar-refractivity contribution in [2.75, 3.05) is 24.7 Å². The van der Waals surface area contributed by atoms with Crippen LogP contribution in [0.3, 0.4) is 0 Å². The highest BCUT2D eigenvalue weighted by molar-refractivity contribution is 7.92. The molecule has 0 aliphatic rings. The second-order valence-corrected chi connectivity index (χ2v) is 5.40. The van der Waals surface area contributed by atoms with E-state index in [-0.39, 0.29) is 0 Å². The Morgan fingerprint density at radius 3 is 2.40 bits per heavy atom. The third kappa shape index (κ3) is 2.62. The van der Waals surface area contributed by atoms with Gasteiger partial charge in [-0.3, -0.25) is 4.31 Å². The van der Waals surface area contributed by atoms with Crippen molar-refractivity contribution in [3.63, 3.8) is 0 Å². The molecule has 0 aromatic heterocycles. The van der Waals surface area contributed by atoms with Crippen molar-refractivity contribution in [3.05, 3.63) is 23.8 Å². The SMILES string of the molecule is COc1ccc(C)c(N(C)S(C)(=O)=O)c1. The maximum Gasteiger partial charge on any atom is 0.232 e. The molecule has 0 aliphatic carbocycles. The zero-order chi connectivity index (χ0) is 11.6. The normalized spacial score (nSPS) is 11.2. The zero-order valence-corrected chi connectivity index (χ0v) is 10.1. The number of aryl methyl sites for hydroxylation is 1. The summed E-state index contributed by atoms with van der Waals surface area (Å²) in [5, 5.41) is 0. The highest BCUT2D eigenvalue weighted by Gasteiger charge is 2.14. The van der Waals surface area contributed by atoms with Crippen LogP contribution in [0.5, 0.6) is 5.75 Å². The van der Waals surface area contributed by atoms with Crippen LogP contribution in [0.15, 0.2) is 18.2 Å². The number of nitrogens with zero attached hydrogens (tertiary/aromatic N) is 1.